The number of nitrogens with two attached hydrogens (primary N) is 1. The molecule has 0 atom stereocenters. The summed E-state index contributed by atoms with van der Waals surface area (Å²) in [6.07, 6.45) is 9.43. The number of anilines is 2. The van der Waals surface area contributed by atoms with Crippen molar-refractivity contribution in [2.45, 2.75) is 57.9 Å². The van der Waals surface area contributed by atoms with E-state index in [4.69, 9.17) is 5.73 Å². The maximum atomic E-state index is 5.99. The number of rotatable bonds is 2. The van der Waals surface area contributed by atoms with Crippen LogP contribution in [0, 0.1) is 5.92 Å². The Labute approximate surface area is 117 Å². The highest BCUT2D eigenvalue weighted by molar-refractivity contribution is 5.63. The van der Waals surface area contributed by atoms with Crippen molar-refractivity contribution in [2.24, 2.45) is 5.92 Å². The zero-order valence-corrected chi connectivity index (χ0v) is 12.1. The molecule has 104 valence electrons. The Morgan fingerprint density at radius 1 is 1.21 bits per heavy atom. The number of nitrogen functional groups attached to an aromatic ring is 1. The van der Waals surface area contributed by atoms with Gasteiger partial charge < -0.3 is 10.6 Å². The van der Waals surface area contributed by atoms with Gasteiger partial charge in [-0.3, -0.25) is 0 Å². The standard InChI is InChI=1S/C17H26N2/c1-2-13-5-9-16(10-6-13)19-11-3-4-14-7-8-15(18)12-17(14)19/h7-8,12-13,16H,2-6,9-11,18H2,1H3. The first-order chi connectivity index (χ1) is 9.28. The molecule has 19 heavy (non-hydrogen) atoms. The van der Waals surface area contributed by atoms with E-state index in [0.717, 1.165) is 17.6 Å². The van der Waals surface area contributed by atoms with Crippen molar-refractivity contribution < 1.29 is 0 Å². The molecule has 0 amide bonds. The fraction of sp³-hybridized carbons (Fsp3) is 0.647. The molecule has 0 radical (unpaired) electrons. The van der Waals surface area contributed by atoms with Gasteiger partial charge >= 0.3 is 0 Å². The van der Waals surface area contributed by atoms with Crippen LogP contribution in [0.2, 0.25) is 0 Å². The van der Waals surface area contributed by atoms with E-state index < -0.39 is 0 Å². The minimum Gasteiger partial charge on any atom is -0.399 e. The lowest BCUT2D eigenvalue weighted by atomic mass is 9.83. The Bertz CT molecular complexity index is 433. The van der Waals surface area contributed by atoms with Gasteiger partial charge in [-0.25, -0.2) is 0 Å². The summed E-state index contributed by atoms with van der Waals surface area (Å²) in [6.45, 7) is 3.56. The molecule has 0 spiro atoms. The van der Waals surface area contributed by atoms with Crippen LogP contribution in [0.5, 0.6) is 0 Å². The minimum atomic E-state index is 0.753. The van der Waals surface area contributed by atoms with Crippen LogP contribution >= 0.6 is 0 Å². The molecule has 1 aliphatic heterocycles. The molecule has 0 aromatic heterocycles. The van der Waals surface area contributed by atoms with Gasteiger partial charge in [-0.1, -0.05) is 19.4 Å². The minimum absolute atomic E-state index is 0.753. The predicted octanol–water partition coefficient (Wildman–Crippen LogP) is 3.99. The van der Waals surface area contributed by atoms with Crippen LogP contribution in [0.3, 0.4) is 0 Å². The van der Waals surface area contributed by atoms with Crippen LogP contribution in [0.4, 0.5) is 11.4 Å². The maximum Gasteiger partial charge on any atom is 0.0421 e. The van der Waals surface area contributed by atoms with E-state index in [1.165, 1.54) is 62.7 Å². The molecule has 3 rings (SSSR count). The molecule has 0 bridgehead atoms. The third kappa shape index (κ3) is 2.58. The lowest BCUT2D eigenvalue weighted by Crippen LogP contribution is -2.41. The van der Waals surface area contributed by atoms with Gasteiger partial charge in [0.1, 0.15) is 0 Å². The van der Waals surface area contributed by atoms with Gasteiger partial charge in [0.25, 0.3) is 0 Å². The average Bonchev–Trinajstić information content (AvgIpc) is 2.47. The molecular formula is C17H26N2. The quantitative estimate of drug-likeness (QED) is 0.813. The molecule has 1 fully saturated rings. The Morgan fingerprint density at radius 2 is 2.00 bits per heavy atom. The molecule has 2 N–H and O–H groups in total. The highest BCUT2D eigenvalue weighted by Crippen LogP contribution is 2.36. The predicted molar refractivity (Wildman–Crippen MR) is 82.6 cm³/mol. The van der Waals surface area contributed by atoms with Gasteiger partial charge in [0.05, 0.1) is 0 Å². The Morgan fingerprint density at radius 3 is 2.74 bits per heavy atom. The molecule has 0 unspecified atom stereocenters. The zero-order chi connectivity index (χ0) is 13.2. The van der Waals surface area contributed by atoms with Crippen molar-refractivity contribution in [2.75, 3.05) is 17.2 Å². The molecule has 1 aromatic carbocycles. The molecule has 1 saturated carbocycles. The number of hydrogen-bond donors (Lipinski definition) is 1. The average molecular weight is 258 g/mol. The molecule has 2 aliphatic rings. The summed E-state index contributed by atoms with van der Waals surface area (Å²) in [4.78, 5) is 2.65. The molecule has 1 aliphatic carbocycles. The summed E-state index contributed by atoms with van der Waals surface area (Å²) >= 11 is 0. The van der Waals surface area contributed by atoms with Gasteiger partial charge in [0, 0.05) is 24.0 Å². The number of aryl methyl sites for hydroxylation is 1. The smallest absolute Gasteiger partial charge is 0.0421 e. The van der Waals surface area contributed by atoms with E-state index in [1.807, 2.05) is 0 Å². The van der Waals surface area contributed by atoms with Crippen molar-refractivity contribution >= 4 is 11.4 Å². The van der Waals surface area contributed by atoms with Crippen LogP contribution in [0.15, 0.2) is 18.2 Å². The first-order valence-electron chi connectivity index (χ1n) is 7.93. The van der Waals surface area contributed by atoms with Crippen molar-refractivity contribution in [1.82, 2.24) is 0 Å². The first kappa shape index (κ1) is 12.8. The van der Waals surface area contributed by atoms with E-state index in [1.54, 1.807) is 0 Å². The van der Waals surface area contributed by atoms with Crippen molar-refractivity contribution in [3.63, 3.8) is 0 Å². The largest absolute Gasteiger partial charge is 0.399 e. The van der Waals surface area contributed by atoms with E-state index in [-0.39, 0.29) is 0 Å². The van der Waals surface area contributed by atoms with Gasteiger partial charge in [0.15, 0.2) is 0 Å². The third-order valence-corrected chi connectivity index (χ3v) is 5.10. The van der Waals surface area contributed by atoms with Crippen LogP contribution < -0.4 is 10.6 Å². The number of fused-ring (bicyclic) bond motifs is 1. The van der Waals surface area contributed by atoms with E-state index in [2.05, 4.69) is 30.0 Å². The van der Waals surface area contributed by atoms with Gasteiger partial charge in [-0.15, -0.1) is 0 Å². The normalized spacial score (nSPS) is 27.1. The fourth-order valence-corrected chi connectivity index (χ4v) is 3.86. The summed E-state index contributed by atoms with van der Waals surface area (Å²) in [5.41, 5.74) is 9.82. The van der Waals surface area contributed by atoms with E-state index in [9.17, 15) is 0 Å². The Hall–Kier alpha value is -1.18. The summed E-state index contributed by atoms with van der Waals surface area (Å²) < 4.78 is 0. The first-order valence-corrected chi connectivity index (χ1v) is 7.93. The highest BCUT2D eigenvalue weighted by Gasteiger charge is 2.28. The Balaban J connectivity index is 1.78. The number of hydrogen-bond acceptors (Lipinski definition) is 2. The van der Waals surface area contributed by atoms with Crippen molar-refractivity contribution in [3.8, 4) is 0 Å². The number of nitrogens with zero attached hydrogens (tertiary/aromatic N) is 1. The Kier molecular flexibility index (Phi) is 3.67. The van der Waals surface area contributed by atoms with E-state index >= 15 is 0 Å². The second-order valence-corrected chi connectivity index (χ2v) is 6.27. The third-order valence-electron chi connectivity index (χ3n) is 5.10. The van der Waals surface area contributed by atoms with Crippen LogP contribution in [-0.4, -0.2) is 12.6 Å². The molecule has 2 heteroatoms. The van der Waals surface area contributed by atoms with E-state index in [0.29, 0.717) is 0 Å². The summed E-state index contributed by atoms with van der Waals surface area (Å²) in [5, 5.41) is 0. The van der Waals surface area contributed by atoms with Crippen LogP contribution in [0.25, 0.3) is 0 Å². The maximum absolute atomic E-state index is 5.99. The molecule has 1 aromatic rings. The lowest BCUT2D eigenvalue weighted by molar-refractivity contribution is 0.306. The fourth-order valence-electron chi connectivity index (χ4n) is 3.86. The van der Waals surface area contributed by atoms with Crippen molar-refractivity contribution in [3.05, 3.63) is 23.8 Å². The zero-order valence-electron chi connectivity index (χ0n) is 12.1. The van der Waals surface area contributed by atoms with Crippen LogP contribution in [0.1, 0.15) is 51.0 Å². The van der Waals surface area contributed by atoms with Gasteiger partial charge in [-0.2, -0.15) is 0 Å². The van der Waals surface area contributed by atoms with Crippen molar-refractivity contribution in [1.29, 1.82) is 0 Å². The summed E-state index contributed by atoms with van der Waals surface area (Å²) in [6, 6.07) is 7.23. The summed E-state index contributed by atoms with van der Waals surface area (Å²) in [7, 11) is 0. The van der Waals surface area contributed by atoms with Crippen LogP contribution in [-0.2, 0) is 6.42 Å². The van der Waals surface area contributed by atoms with Gasteiger partial charge in [-0.05, 0) is 62.1 Å². The topological polar surface area (TPSA) is 29.3 Å². The lowest BCUT2D eigenvalue weighted by Gasteiger charge is -2.41. The second kappa shape index (κ2) is 5.44. The molecular weight excluding hydrogens is 232 g/mol. The monoisotopic (exact) mass is 258 g/mol. The molecule has 0 saturated heterocycles. The number of benzene rings is 1. The highest BCUT2D eigenvalue weighted by atomic mass is 15.2. The molecule has 2 nitrogen and oxygen atoms in total. The van der Waals surface area contributed by atoms with Gasteiger partial charge in [0.2, 0.25) is 0 Å². The molecule has 1 heterocycles. The SMILES string of the molecule is CCC1CCC(N2CCCc3ccc(N)cc32)CC1. The summed E-state index contributed by atoms with van der Waals surface area (Å²) in [5.74, 6) is 0.973. The second-order valence-electron chi connectivity index (χ2n) is 6.27.